The standard InChI is InChI=1S/C31H35FN4O6/c1-19-14-36(20(2)17-37)30(38)25-13-24(34-31(39)33-23-7-5-22(32)6-8-23)9-11-26(25)42-29(19)16-35(3)15-21-4-10-27-28(12-21)41-18-40-27/h4-13,19-20,29,37H,14-18H2,1-3H3,(H2,33,34,39)/t19-,20+,29+/m0/s1. The number of benzene rings is 3. The van der Waals surface area contributed by atoms with Crippen LogP contribution in [-0.2, 0) is 6.54 Å². The predicted molar refractivity (Wildman–Crippen MR) is 156 cm³/mol. The number of hydrogen-bond acceptors (Lipinski definition) is 7. The van der Waals surface area contributed by atoms with Gasteiger partial charge in [0.25, 0.3) is 5.91 Å². The fourth-order valence-corrected chi connectivity index (χ4v) is 5.07. The molecule has 0 unspecified atom stereocenters. The van der Waals surface area contributed by atoms with Crippen molar-refractivity contribution in [1.29, 1.82) is 0 Å². The van der Waals surface area contributed by atoms with Crippen molar-refractivity contribution in [2.24, 2.45) is 5.92 Å². The minimum absolute atomic E-state index is 0.0467. The van der Waals surface area contributed by atoms with Crippen LogP contribution in [0.25, 0.3) is 0 Å². The molecule has 3 aromatic rings. The first-order valence-corrected chi connectivity index (χ1v) is 13.8. The average molecular weight is 579 g/mol. The minimum Gasteiger partial charge on any atom is -0.488 e. The van der Waals surface area contributed by atoms with E-state index < -0.39 is 17.9 Å². The first-order chi connectivity index (χ1) is 20.2. The topological polar surface area (TPSA) is 113 Å². The van der Waals surface area contributed by atoms with E-state index in [4.69, 9.17) is 14.2 Å². The Balaban J connectivity index is 1.34. The fraction of sp³-hybridized carbons (Fsp3) is 0.355. The molecule has 0 spiro atoms. The summed E-state index contributed by atoms with van der Waals surface area (Å²) in [7, 11) is 2.01. The molecule has 3 N–H and O–H groups in total. The van der Waals surface area contributed by atoms with Crippen LogP contribution in [0.2, 0.25) is 0 Å². The monoisotopic (exact) mass is 578 g/mol. The Hall–Kier alpha value is -4.35. The number of carbonyl (C=O) groups is 2. The molecular weight excluding hydrogens is 543 g/mol. The fourth-order valence-electron chi connectivity index (χ4n) is 5.07. The molecule has 5 rings (SSSR count). The third-order valence-electron chi connectivity index (χ3n) is 7.41. The second-order valence-electron chi connectivity index (χ2n) is 10.8. The van der Waals surface area contributed by atoms with Crippen molar-refractivity contribution in [3.8, 4) is 17.2 Å². The second kappa shape index (κ2) is 12.7. The number of urea groups is 1. The van der Waals surface area contributed by atoms with Gasteiger partial charge >= 0.3 is 6.03 Å². The highest BCUT2D eigenvalue weighted by molar-refractivity contribution is 6.02. The number of aliphatic hydroxyl groups excluding tert-OH is 1. The van der Waals surface area contributed by atoms with Crippen LogP contribution in [0.5, 0.6) is 17.2 Å². The Morgan fingerprint density at radius 3 is 2.50 bits per heavy atom. The number of amides is 3. The summed E-state index contributed by atoms with van der Waals surface area (Å²) in [6, 6.07) is 15.2. The molecule has 0 fully saturated rings. The van der Waals surface area contributed by atoms with E-state index in [0.717, 1.165) is 17.1 Å². The zero-order chi connectivity index (χ0) is 29.8. The van der Waals surface area contributed by atoms with E-state index in [1.165, 1.54) is 24.3 Å². The molecule has 3 atom stereocenters. The van der Waals surface area contributed by atoms with Crippen LogP contribution < -0.4 is 24.8 Å². The molecular formula is C31H35FN4O6. The highest BCUT2D eigenvalue weighted by Crippen LogP contribution is 2.34. The van der Waals surface area contributed by atoms with Crippen molar-refractivity contribution in [2.75, 3.05) is 44.2 Å². The molecule has 3 amide bonds. The largest absolute Gasteiger partial charge is 0.488 e. The summed E-state index contributed by atoms with van der Waals surface area (Å²) in [5, 5.41) is 15.3. The molecule has 0 bridgehead atoms. The lowest BCUT2D eigenvalue weighted by Crippen LogP contribution is -2.49. The summed E-state index contributed by atoms with van der Waals surface area (Å²) in [5.41, 5.74) is 2.16. The van der Waals surface area contributed by atoms with E-state index in [-0.39, 0.29) is 36.9 Å². The Morgan fingerprint density at radius 2 is 1.74 bits per heavy atom. The first-order valence-electron chi connectivity index (χ1n) is 13.8. The van der Waals surface area contributed by atoms with Crippen LogP contribution in [0.15, 0.2) is 60.7 Å². The number of carbonyl (C=O) groups excluding carboxylic acids is 2. The molecule has 0 aliphatic carbocycles. The highest BCUT2D eigenvalue weighted by atomic mass is 19.1. The third-order valence-corrected chi connectivity index (χ3v) is 7.41. The molecule has 11 heteroatoms. The third kappa shape index (κ3) is 6.75. The summed E-state index contributed by atoms with van der Waals surface area (Å²) in [5.74, 6) is 1.11. The Labute approximate surface area is 244 Å². The van der Waals surface area contributed by atoms with Gasteiger partial charge in [0.1, 0.15) is 17.7 Å². The second-order valence-corrected chi connectivity index (χ2v) is 10.8. The summed E-state index contributed by atoms with van der Waals surface area (Å²) in [4.78, 5) is 30.1. The molecule has 10 nitrogen and oxygen atoms in total. The molecule has 0 saturated heterocycles. The number of ether oxygens (including phenoxy) is 3. The van der Waals surface area contributed by atoms with Crippen molar-refractivity contribution in [3.63, 3.8) is 0 Å². The van der Waals surface area contributed by atoms with Crippen LogP contribution in [0.3, 0.4) is 0 Å². The van der Waals surface area contributed by atoms with Crippen LogP contribution >= 0.6 is 0 Å². The normalized spacial score (nSPS) is 18.5. The van der Waals surface area contributed by atoms with E-state index in [1.807, 2.05) is 32.2 Å². The predicted octanol–water partition coefficient (Wildman–Crippen LogP) is 4.55. The number of aliphatic hydroxyl groups is 1. The van der Waals surface area contributed by atoms with Crippen LogP contribution in [0, 0.1) is 11.7 Å². The van der Waals surface area contributed by atoms with Crippen molar-refractivity contribution in [1.82, 2.24) is 9.80 Å². The van der Waals surface area contributed by atoms with Gasteiger partial charge in [0, 0.05) is 36.9 Å². The number of hydrogen-bond donors (Lipinski definition) is 3. The van der Waals surface area contributed by atoms with E-state index in [0.29, 0.717) is 36.8 Å². The smallest absolute Gasteiger partial charge is 0.323 e. The van der Waals surface area contributed by atoms with Gasteiger partial charge in [0.05, 0.1) is 18.2 Å². The highest BCUT2D eigenvalue weighted by Gasteiger charge is 2.33. The SMILES string of the molecule is C[C@H](CO)N1C[C@H](C)[C@@H](CN(C)Cc2ccc3c(c2)OCO3)Oc2ccc(NC(=O)Nc3ccc(F)cc3)cc2C1=O. The van der Waals surface area contributed by atoms with E-state index in [2.05, 4.69) is 15.5 Å². The minimum atomic E-state index is -0.544. The van der Waals surface area contributed by atoms with Gasteiger partial charge in [0.2, 0.25) is 6.79 Å². The lowest BCUT2D eigenvalue weighted by Gasteiger charge is -2.38. The Kier molecular flexibility index (Phi) is 8.79. The van der Waals surface area contributed by atoms with E-state index in [1.54, 1.807) is 30.0 Å². The maximum absolute atomic E-state index is 13.7. The lowest BCUT2D eigenvalue weighted by atomic mass is 9.99. The van der Waals surface area contributed by atoms with Gasteiger partial charge in [-0.3, -0.25) is 9.69 Å². The van der Waals surface area contributed by atoms with Gasteiger partial charge in [0.15, 0.2) is 11.5 Å². The molecule has 2 aliphatic heterocycles. The molecule has 222 valence electrons. The number of nitrogens with one attached hydrogen (secondary N) is 2. The molecule has 2 heterocycles. The summed E-state index contributed by atoms with van der Waals surface area (Å²) >= 11 is 0. The van der Waals surface area contributed by atoms with Gasteiger partial charge in [-0.2, -0.15) is 0 Å². The quantitative estimate of drug-likeness (QED) is 0.360. The summed E-state index contributed by atoms with van der Waals surface area (Å²) in [6.45, 7) is 5.46. The van der Waals surface area contributed by atoms with Gasteiger partial charge < -0.3 is 34.9 Å². The molecule has 3 aromatic carbocycles. The maximum Gasteiger partial charge on any atom is 0.323 e. The van der Waals surface area contributed by atoms with Crippen molar-refractivity contribution in [2.45, 2.75) is 32.5 Å². The van der Waals surface area contributed by atoms with Gasteiger partial charge in [-0.1, -0.05) is 13.0 Å². The van der Waals surface area contributed by atoms with Crippen LogP contribution in [0.1, 0.15) is 29.8 Å². The first kappa shape index (κ1) is 29.2. The number of anilines is 2. The van der Waals surface area contributed by atoms with Gasteiger partial charge in [-0.25, -0.2) is 9.18 Å². The molecule has 0 saturated carbocycles. The van der Waals surface area contributed by atoms with Gasteiger partial charge in [-0.15, -0.1) is 0 Å². The number of likely N-dealkylation sites (N-methyl/N-ethyl adjacent to an activating group) is 1. The zero-order valence-electron chi connectivity index (χ0n) is 23.8. The van der Waals surface area contributed by atoms with Crippen molar-refractivity contribution < 1.29 is 33.3 Å². The van der Waals surface area contributed by atoms with Crippen molar-refractivity contribution >= 4 is 23.3 Å². The maximum atomic E-state index is 13.7. The van der Waals surface area contributed by atoms with E-state index >= 15 is 0 Å². The summed E-state index contributed by atoms with van der Waals surface area (Å²) in [6.07, 6.45) is -0.273. The Bertz CT molecular complexity index is 1440. The average Bonchev–Trinajstić information content (AvgIpc) is 3.44. The van der Waals surface area contributed by atoms with Gasteiger partial charge in [-0.05, 0) is 74.1 Å². The zero-order valence-corrected chi connectivity index (χ0v) is 23.8. The van der Waals surface area contributed by atoms with E-state index in [9.17, 15) is 19.1 Å². The molecule has 2 aliphatic rings. The Morgan fingerprint density at radius 1 is 1.05 bits per heavy atom. The number of halogens is 1. The number of rotatable bonds is 8. The summed E-state index contributed by atoms with van der Waals surface area (Å²) < 4.78 is 30.6. The molecule has 0 aromatic heterocycles. The molecule has 42 heavy (non-hydrogen) atoms. The van der Waals surface area contributed by atoms with Crippen LogP contribution in [-0.4, -0.2) is 72.5 Å². The van der Waals surface area contributed by atoms with Crippen molar-refractivity contribution in [3.05, 3.63) is 77.6 Å². The molecule has 0 radical (unpaired) electrons. The lowest BCUT2D eigenvalue weighted by molar-refractivity contribution is 0.0341. The number of fused-ring (bicyclic) bond motifs is 2. The van der Waals surface area contributed by atoms with Crippen LogP contribution in [0.4, 0.5) is 20.6 Å². The number of nitrogens with zero attached hydrogens (tertiary/aromatic N) is 2.